The molecule has 1 atom stereocenters. The highest BCUT2D eigenvalue weighted by molar-refractivity contribution is 6.46. The van der Waals surface area contributed by atoms with Crippen LogP contribution >= 0.6 is 11.6 Å². The molecule has 0 bridgehead atoms. The van der Waals surface area contributed by atoms with E-state index in [4.69, 9.17) is 26.8 Å². The van der Waals surface area contributed by atoms with Crippen LogP contribution in [0.2, 0.25) is 5.02 Å². The van der Waals surface area contributed by atoms with Crippen molar-refractivity contribution in [3.05, 3.63) is 70.3 Å². The molecule has 1 heterocycles. The number of ether oxygens (including phenoxy) is 2. The van der Waals surface area contributed by atoms with Crippen molar-refractivity contribution < 1.29 is 29.0 Å². The van der Waals surface area contributed by atoms with Gasteiger partial charge in [0.2, 0.25) is 0 Å². The minimum Gasteiger partial charge on any atom is -0.507 e. The molecule has 3 N–H and O–H groups in total. The highest BCUT2D eigenvalue weighted by atomic mass is 35.5. The van der Waals surface area contributed by atoms with Gasteiger partial charge in [0.25, 0.3) is 17.6 Å². The van der Waals surface area contributed by atoms with E-state index in [0.29, 0.717) is 21.9 Å². The second-order valence-electron chi connectivity index (χ2n) is 6.82. The number of methoxy groups -OCH3 is 1. The second-order valence-corrected chi connectivity index (χ2v) is 7.25. The Kier molecular flexibility index (Phi) is 6.94. The molecule has 0 spiro atoms. The number of carbonyl (C=O) groups is 3. The number of aliphatic hydroxyl groups excluding tert-OH is 1. The van der Waals surface area contributed by atoms with Crippen molar-refractivity contribution in [2.45, 2.75) is 6.04 Å². The van der Waals surface area contributed by atoms with Crippen LogP contribution in [-0.2, 0) is 19.1 Å². The normalized spacial score (nSPS) is 17.7. The summed E-state index contributed by atoms with van der Waals surface area (Å²) in [5, 5.41) is 11.4. The van der Waals surface area contributed by atoms with Gasteiger partial charge in [-0.2, -0.15) is 0 Å². The van der Waals surface area contributed by atoms with E-state index in [1.165, 1.54) is 12.0 Å². The Morgan fingerprint density at radius 1 is 1.13 bits per heavy atom. The molecular weight excluding hydrogens is 424 g/mol. The van der Waals surface area contributed by atoms with E-state index in [0.717, 1.165) is 0 Å². The lowest BCUT2D eigenvalue weighted by Gasteiger charge is -2.25. The largest absolute Gasteiger partial charge is 0.507 e. The third-order valence-corrected chi connectivity index (χ3v) is 5.02. The van der Waals surface area contributed by atoms with Gasteiger partial charge in [0.1, 0.15) is 11.5 Å². The average molecular weight is 445 g/mol. The van der Waals surface area contributed by atoms with Crippen LogP contribution < -0.4 is 10.5 Å². The van der Waals surface area contributed by atoms with Crippen molar-refractivity contribution in [3.63, 3.8) is 0 Å². The van der Waals surface area contributed by atoms with Crippen molar-refractivity contribution in [1.82, 2.24) is 4.90 Å². The van der Waals surface area contributed by atoms with Gasteiger partial charge in [-0.25, -0.2) is 0 Å². The minimum atomic E-state index is -0.823. The predicted octanol–water partition coefficient (Wildman–Crippen LogP) is 2.27. The minimum absolute atomic E-state index is 0.0331. The molecule has 0 radical (unpaired) electrons. The molecular formula is C22H21ClN2O6. The van der Waals surface area contributed by atoms with E-state index >= 15 is 0 Å². The molecule has 162 valence electrons. The molecule has 1 unspecified atom stereocenters. The quantitative estimate of drug-likeness (QED) is 0.366. The number of nitrogens with zero attached hydrogens (tertiary/aromatic N) is 1. The highest BCUT2D eigenvalue weighted by Crippen LogP contribution is 2.39. The third-order valence-electron chi connectivity index (χ3n) is 4.77. The molecule has 0 aliphatic carbocycles. The van der Waals surface area contributed by atoms with Crippen molar-refractivity contribution in [2.24, 2.45) is 5.73 Å². The van der Waals surface area contributed by atoms with Crippen LogP contribution in [-0.4, -0.2) is 54.5 Å². The van der Waals surface area contributed by atoms with Crippen LogP contribution in [0.3, 0.4) is 0 Å². The number of Topliss-reactive ketones (excluding diaryl/α,β-unsaturated/α-hetero) is 1. The number of likely N-dealkylation sites (tertiary alicyclic amines) is 1. The number of nitrogens with two attached hydrogens (primary N) is 1. The Hall–Kier alpha value is -3.36. The van der Waals surface area contributed by atoms with Crippen LogP contribution in [0.15, 0.2) is 54.1 Å². The van der Waals surface area contributed by atoms with Crippen molar-refractivity contribution >= 4 is 35.0 Å². The summed E-state index contributed by atoms with van der Waals surface area (Å²) in [5.41, 5.74) is 5.99. The molecule has 1 saturated heterocycles. The first-order valence-corrected chi connectivity index (χ1v) is 9.75. The van der Waals surface area contributed by atoms with E-state index in [-0.39, 0.29) is 31.1 Å². The highest BCUT2D eigenvalue weighted by Gasteiger charge is 2.45. The zero-order valence-corrected chi connectivity index (χ0v) is 17.5. The SMILES string of the molecule is COCCN1C(=O)C(=O)/C(=C(/O)c2ccc(Cl)cc2)C1c1ccc(OCC(N)=O)cc1. The molecule has 1 aliphatic rings. The fourth-order valence-corrected chi connectivity index (χ4v) is 3.44. The molecule has 2 aromatic rings. The fraction of sp³-hybridized carbons (Fsp3) is 0.227. The topological polar surface area (TPSA) is 119 Å². The fourth-order valence-electron chi connectivity index (χ4n) is 3.31. The van der Waals surface area contributed by atoms with Crippen LogP contribution in [0.25, 0.3) is 5.76 Å². The smallest absolute Gasteiger partial charge is 0.295 e. The molecule has 31 heavy (non-hydrogen) atoms. The van der Waals surface area contributed by atoms with Gasteiger partial charge in [0.05, 0.1) is 18.2 Å². The molecule has 1 aliphatic heterocycles. The monoisotopic (exact) mass is 444 g/mol. The van der Waals surface area contributed by atoms with Crippen LogP contribution in [0.4, 0.5) is 0 Å². The first-order valence-electron chi connectivity index (χ1n) is 9.38. The lowest BCUT2D eigenvalue weighted by atomic mass is 9.95. The molecule has 1 fully saturated rings. The Labute approximate surface area is 183 Å². The van der Waals surface area contributed by atoms with Crippen molar-refractivity contribution in [2.75, 3.05) is 26.9 Å². The number of benzene rings is 2. The molecule has 2 aromatic carbocycles. The number of halogens is 1. The first kappa shape index (κ1) is 22.3. The predicted molar refractivity (Wildman–Crippen MR) is 113 cm³/mol. The lowest BCUT2D eigenvalue weighted by molar-refractivity contribution is -0.140. The van der Waals surface area contributed by atoms with Crippen LogP contribution in [0, 0.1) is 0 Å². The maximum absolute atomic E-state index is 12.8. The van der Waals surface area contributed by atoms with Gasteiger partial charge in [0.15, 0.2) is 6.61 Å². The third kappa shape index (κ3) is 4.87. The summed E-state index contributed by atoms with van der Waals surface area (Å²) in [6, 6.07) is 12.0. The zero-order valence-electron chi connectivity index (χ0n) is 16.7. The molecule has 2 amide bonds. The number of amides is 2. The summed E-state index contributed by atoms with van der Waals surface area (Å²) in [7, 11) is 1.49. The van der Waals surface area contributed by atoms with Crippen LogP contribution in [0.1, 0.15) is 17.2 Å². The zero-order chi connectivity index (χ0) is 22.5. The maximum atomic E-state index is 12.8. The van der Waals surface area contributed by atoms with Gasteiger partial charge in [0, 0.05) is 24.2 Å². The Morgan fingerprint density at radius 2 is 1.77 bits per heavy atom. The second kappa shape index (κ2) is 9.63. The standard InChI is InChI=1S/C22H21ClN2O6/c1-30-11-10-25-19(13-4-8-16(9-5-13)31-12-17(24)26)18(21(28)22(25)29)20(27)14-2-6-15(23)7-3-14/h2-9,19,27H,10-12H2,1H3,(H2,24,26)/b20-18+. The molecule has 8 nitrogen and oxygen atoms in total. The summed E-state index contributed by atoms with van der Waals surface area (Å²) in [4.78, 5) is 37.8. The van der Waals surface area contributed by atoms with Gasteiger partial charge in [-0.1, -0.05) is 23.7 Å². The van der Waals surface area contributed by atoms with Gasteiger partial charge in [-0.3, -0.25) is 14.4 Å². The summed E-state index contributed by atoms with van der Waals surface area (Å²) >= 11 is 5.91. The van der Waals surface area contributed by atoms with Gasteiger partial charge < -0.3 is 25.2 Å². The van der Waals surface area contributed by atoms with E-state index < -0.39 is 23.6 Å². The van der Waals surface area contributed by atoms with E-state index in [2.05, 4.69) is 0 Å². The van der Waals surface area contributed by atoms with Gasteiger partial charge in [-0.15, -0.1) is 0 Å². The summed E-state index contributed by atoms with van der Waals surface area (Å²) in [6.45, 7) is 0.0929. The Balaban J connectivity index is 2.04. The summed E-state index contributed by atoms with van der Waals surface area (Å²) in [5.74, 6) is -2.03. The summed E-state index contributed by atoms with van der Waals surface area (Å²) in [6.07, 6.45) is 0. The number of rotatable bonds is 8. The summed E-state index contributed by atoms with van der Waals surface area (Å²) < 4.78 is 10.3. The van der Waals surface area contributed by atoms with E-state index in [9.17, 15) is 19.5 Å². The number of aliphatic hydroxyl groups is 1. The average Bonchev–Trinajstić information content (AvgIpc) is 3.01. The number of carbonyl (C=O) groups excluding carboxylic acids is 3. The molecule has 0 saturated carbocycles. The first-order chi connectivity index (χ1) is 14.8. The molecule has 9 heteroatoms. The van der Waals surface area contributed by atoms with Gasteiger partial charge >= 0.3 is 0 Å². The van der Waals surface area contributed by atoms with E-state index in [1.807, 2.05) is 0 Å². The van der Waals surface area contributed by atoms with Crippen molar-refractivity contribution in [1.29, 1.82) is 0 Å². The lowest BCUT2D eigenvalue weighted by Crippen LogP contribution is -2.32. The Morgan fingerprint density at radius 3 is 2.35 bits per heavy atom. The van der Waals surface area contributed by atoms with Crippen molar-refractivity contribution in [3.8, 4) is 5.75 Å². The number of primary amides is 1. The number of ketones is 1. The van der Waals surface area contributed by atoms with E-state index in [1.54, 1.807) is 48.5 Å². The number of hydrogen-bond donors (Lipinski definition) is 2. The maximum Gasteiger partial charge on any atom is 0.295 e. The molecule has 0 aromatic heterocycles. The van der Waals surface area contributed by atoms with Gasteiger partial charge in [-0.05, 0) is 42.0 Å². The Bertz CT molecular complexity index is 1020. The number of hydrogen-bond acceptors (Lipinski definition) is 6. The van der Waals surface area contributed by atoms with Crippen LogP contribution in [0.5, 0.6) is 5.75 Å². The molecule has 3 rings (SSSR count).